The summed E-state index contributed by atoms with van der Waals surface area (Å²) in [6, 6.07) is 0.275. The van der Waals surface area contributed by atoms with E-state index in [0.717, 1.165) is 24.3 Å². The van der Waals surface area contributed by atoms with Gasteiger partial charge in [-0.2, -0.15) is 13.2 Å². The number of alkyl halides is 3. The van der Waals surface area contributed by atoms with Crippen LogP contribution in [0.1, 0.15) is 28.9 Å². The monoisotopic (exact) mass is 329 g/mol. The van der Waals surface area contributed by atoms with E-state index in [1.807, 2.05) is 6.92 Å². The van der Waals surface area contributed by atoms with E-state index in [1.54, 1.807) is 6.92 Å². The van der Waals surface area contributed by atoms with E-state index in [0.29, 0.717) is 28.9 Å². The second kappa shape index (κ2) is 6.60. The molecule has 1 saturated heterocycles. The van der Waals surface area contributed by atoms with Crippen LogP contribution in [0.15, 0.2) is 0 Å². The lowest BCUT2D eigenvalue weighted by molar-refractivity contribution is -0.141. The fourth-order valence-electron chi connectivity index (χ4n) is 2.59. The highest BCUT2D eigenvalue weighted by Gasteiger charge is 2.38. The summed E-state index contributed by atoms with van der Waals surface area (Å²) >= 11 is 1.13. The molecular weight excluding hydrogens is 311 g/mol. The third-order valence-corrected chi connectivity index (χ3v) is 4.50. The number of nitrogens with zero attached hydrogens (tertiary/aromatic N) is 2. The first-order valence-electron chi connectivity index (χ1n) is 6.29. The average molecular weight is 330 g/mol. The number of aryl methyl sites for hydroxylation is 1. The van der Waals surface area contributed by atoms with Crippen molar-refractivity contribution in [3.63, 3.8) is 0 Å². The molecule has 3 nitrogen and oxygen atoms in total. The molecule has 2 N–H and O–H groups in total. The molecule has 2 rings (SSSR count). The second-order valence-corrected chi connectivity index (χ2v) is 6.41. The Bertz CT molecular complexity index is 450. The lowest BCUT2D eigenvalue weighted by Gasteiger charge is -2.20. The standard InChI is InChI=1S/C12H18F3N3S.ClH/c1-7-3-9(4-16)5-18(7)6-10-11(12(13,14)15)17-8(2)19-10;/h7,9H,3-6,16H2,1-2H3;1H. The quantitative estimate of drug-likeness (QED) is 0.926. The van der Waals surface area contributed by atoms with Gasteiger partial charge in [0.1, 0.15) is 0 Å². The summed E-state index contributed by atoms with van der Waals surface area (Å²) in [7, 11) is 0. The molecule has 0 spiro atoms. The summed E-state index contributed by atoms with van der Waals surface area (Å²) in [6.45, 7) is 5.33. The van der Waals surface area contributed by atoms with E-state index in [9.17, 15) is 13.2 Å². The molecule has 2 atom stereocenters. The lowest BCUT2D eigenvalue weighted by atomic mass is 10.1. The lowest BCUT2D eigenvalue weighted by Crippen LogP contribution is -2.28. The Morgan fingerprint density at radius 1 is 1.45 bits per heavy atom. The number of hydrogen-bond donors (Lipinski definition) is 1. The number of hydrogen-bond acceptors (Lipinski definition) is 4. The van der Waals surface area contributed by atoms with Gasteiger partial charge in [0.15, 0.2) is 5.69 Å². The van der Waals surface area contributed by atoms with Crippen molar-refractivity contribution in [2.24, 2.45) is 11.7 Å². The number of nitrogens with two attached hydrogens (primary N) is 1. The minimum Gasteiger partial charge on any atom is -0.330 e. The predicted octanol–water partition coefficient (Wildman–Crippen LogP) is 3.06. The van der Waals surface area contributed by atoms with E-state index >= 15 is 0 Å². The van der Waals surface area contributed by atoms with E-state index in [1.165, 1.54) is 0 Å². The molecule has 0 amide bonds. The molecule has 2 unspecified atom stereocenters. The van der Waals surface area contributed by atoms with Gasteiger partial charge in [-0.05, 0) is 32.7 Å². The molecule has 116 valence electrons. The maximum atomic E-state index is 12.9. The van der Waals surface area contributed by atoms with Gasteiger partial charge < -0.3 is 5.73 Å². The summed E-state index contributed by atoms with van der Waals surface area (Å²) in [4.78, 5) is 6.01. The van der Waals surface area contributed by atoms with Gasteiger partial charge in [-0.25, -0.2) is 4.98 Å². The molecule has 0 aromatic carbocycles. The third-order valence-electron chi connectivity index (χ3n) is 3.54. The van der Waals surface area contributed by atoms with Crippen LogP contribution in [-0.2, 0) is 12.7 Å². The fourth-order valence-corrected chi connectivity index (χ4v) is 3.57. The molecule has 1 fully saturated rings. The highest BCUT2D eigenvalue weighted by Crippen LogP contribution is 2.36. The Morgan fingerprint density at radius 3 is 2.60 bits per heavy atom. The largest absolute Gasteiger partial charge is 0.434 e. The number of rotatable bonds is 3. The highest BCUT2D eigenvalue weighted by molar-refractivity contribution is 7.11. The number of thiazole rings is 1. The topological polar surface area (TPSA) is 42.2 Å². The van der Waals surface area contributed by atoms with Gasteiger partial charge in [0.25, 0.3) is 0 Å². The zero-order chi connectivity index (χ0) is 14.2. The molecule has 8 heteroatoms. The molecule has 20 heavy (non-hydrogen) atoms. The molecule has 0 aliphatic carbocycles. The number of halogens is 4. The number of aromatic nitrogens is 1. The molecule has 1 aliphatic rings. The molecule has 0 bridgehead atoms. The van der Waals surface area contributed by atoms with Crippen LogP contribution in [-0.4, -0.2) is 29.0 Å². The van der Waals surface area contributed by atoms with Crippen LogP contribution in [0.2, 0.25) is 0 Å². The predicted molar refractivity (Wildman–Crippen MR) is 76.1 cm³/mol. The van der Waals surface area contributed by atoms with Crippen molar-refractivity contribution in [3.8, 4) is 0 Å². The van der Waals surface area contributed by atoms with Crippen molar-refractivity contribution in [3.05, 3.63) is 15.6 Å². The van der Waals surface area contributed by atoms with E-state index < -0.39 is 11.9 Å². The fraction of sp³-hybridized carbons (Fsp3) is 0.750. The summed E-state index contributed by atoms with van der Waals surface area (Å²) in [5, 5.41) is 0.463. The summed E-state index contributed by atoms with van der Waals surface area (Å²) in [6.07, 6.45) is -3.41. The van der Waals surface area contributed by atoms with Crippen LogP contribution in [0.25, 0.3) is 0 Å². The van der Waals surface area contributed by atoms with E-state index in [2.05, 4.69) is 9.88 Å². The first kappa shape index (κ1) is 17.7. The van der Waals surface area contributed by atoms with E-state index in [4.69, 9.17) is 5.73 Å². The molecule has 1 aromatic rings. The van der Waals surface area contributed by atoms with Crippen molar-refractivity contribution in [1.29, 1.82) is 0 Å². The smallest absolute Gasteiger partial charge is 0.330 e. The van der Waals surface area contributed by atoms with Gasteiger partial charge in [0.2, 0.25) is 0 Å². The van der Waals surface area contributed by atoms with Crippen molar-refractivity contribution < 1.29 is 13.2 Å². The third kappa shape index (κ3) is 3.84. The minimum absolute atomic E-state index is 0. The Balaban J connectivity index is 0.00000200. The first-order valence-corrected chi connectivity index (χ1v) is 7.10. The van der Waals surface area contributed by atoms with Crippen LogP contribution in [0, 0.1) is 12.8 Å². The van der Waals surface area contributed by atoms with Crippen LogP contribution >= 0.6 is 23.7 Å². The molecule has 1 aliphatic heterocycles. The SMILES string of the molecule is Cc1nc(C(F)(F)F)c(CN2CC(CN)CC2C)s1.Cl. The minimum atomic E-state index is -4.36. The second-order valence-electron chi connectivity index (χ2n) is 5.12. The van der Waals surface area contributed by atoms with Crippen molar-refractivity contribution in [2.75, 3.05) is 13.1 Å². The van der Waals surface area contributed by atoms with Crippen LogP contribution in [0.3, 0.4) is 0 Å². The number of likely N-dealkylation sites (tertiary alicyclic amines) is 1. The van der Waals surface area contributed by atoms with Crippen LogP contribution in [0.4, 0.5) is 13.2 Å². The van der Waals surface area contributed by atoms with Crippen molar-refractivity contribution in [1.82, 2.24) is 9.88 Å². The normalized spacial score (nSPS) is 23.9. The van der Waals surface area contributed by atoms with Crippen LogP contribution in [0.5, 0.6) is 0 Å². The Kier molecular flexibility index (Phi) is 5.83. The molecule has 2 heterocycles. The maximum Gasteiger partial charge on any atom is 0.434 e. The zero-order valence-electron chi connectivity index (χ0n) is 11.4. The van der Waals surface area contributed by atoms with Crippen LogP contribution < -0.4 is 5.73 Å². The zero-order valence-corrected chi connectivity index (χ0v) is 13.0. The van der Waals surface area contributed by atoms with E-state index in [-0.39, 0.29) is 18.4 Å². The Morgan fingerprint density at radius 2 is 2.10 bits per heavy atom. The highest BCUT2D eigenvalue weighted by atomic mass is 35.5. The molecule has 1 aromatic heterocycles. The first-order chi connectivity index (χ1) is 8.81. The van der Waals surface area contributed by atoms with Gasteiger partial charge in [0.05, 0.1) is 9.88 Å². The van der Waals surface area contributed by atoms with Crippen molar-refractivity contribution >= 4 is 23.7 Å². The Hall–Kier alpha value is -0.370. The Labute approximate surface area is 126 Å². The molecule has 0 saturated carbocycles. The van der Waals surface area contributed by atoms with Gasteiger partial charge in [-0.1, -0.05) is 0 Å². The summed E-state index contributed by atoms with van der Waals surface area (Å²) in [5.41, 5.74) is 4.91. The molecular formula is C12H19ClF3N3S. The maximum absolute atomic E-state index is 12.9. The van der Waals surface area contributed by atoms with Gasteiger partial charge in [-0.15, -0.1) is 23.7 Å². The average Bonchev–Trinajstić information content (AvgIpc) is 2.83. The molecule has 0 radical (unpaired) electrons. The van der Waals surface area contributed by atoms with Gasteiger partial charge in [0, 0.05) is 19.1 Å². The summed E-state index contributed by atoms with van der Waals surface area (Å²) < 4.78 is 38.6. The van der Waals surface area contributed by atoms with Crippen molar-refractivity contribution in [2.45, 2.75) is 39.0 Å². The van der Waals surface area contributed by atoms with Gasteiger partial charge in [-0.3, -0.25) is 4.90 Å². The summed E-state index contributed by atoms with van der Waals surface area (Å²) in [5.74, 6) is 0.387. The van der Waals surface area contributed by atoms with Gasteiger partial charge >= 0.3 is 6.18 Å².